The second-order valence-electron chi connectivity index (χ2n) is 3.74. The van der Waals surface area contributed by atoms with E-state index in [2.05, 4.69) is 0 Å². The number of nitrogens with one attached hydrogen (secondary N) is 1. The zero-order valence-corrected chi connectivity index (χ0v) is 10.7. The van der Waals surface area contributed by atoms with Crippen molar-refractivity contribution in [1.82, 2.24) is 4.72 Å². The van der Waals surface area contributed by atoms with Crippen LogP contribution in [0.4, 0.5) is 26.3 Å². The van der Waals surface area contributed by atoms with E-state index in [1.807, 2.05) is 4.72 Å². The van der Waals surface area contributed by atoms with E-state index in [0.717, 1.165) is 0 Å². The van der Waals surface area contributed by atoms with Crippen molar-refractivity contribution in [2.24, 2.45) is 0 Å². The van der Waals surface area contributed by atoms with E-state index in [9.17, 15) is 34.8 Å². The third kappa shape index (κ3) is 3.85. The summed E-state index contributed by atoms with van der Waals surface area (Å²) >= 11 is 0. The monoisotopic (exact) mass is 321 g/mol. The fourth-order valence-electron chi connectivity index (χ4n) is 1.35. The number of rotatable bonds is 3. The van der Waals surface area contributed by atoms with Crippen molar-refractivity contribution < 1.29 is 34.8 Å². The van der Waals surface area contributed by atoms with Crippen LogP contribution in [0.25, 0.3) is 0 Å². The van der Waals surface area contributed by atoms with Gasteiger partial charge in [-0.1, -0.05) is 6.92 Å². The molecule has 0 fully saturated rings. The summed E-state index contributed by atoms with van der Waals surface area (Å²) in [6.07, 6.45) is -10.2. The number of alkyl halides is 6. The highest BCUT2D eigenvalue weighted by atomic mass is 32.2. The molecule has 1 aromatic carbocycles. The summed E-state index contributed by atoms with van der Waals surface area (Å²) in [6, 6.07) is 0.186. The van der Waals surface area contributed by atoms with Gasteiger partial charge in [-0.15, -0.1) is 0 Å². The van der Waals surface area contributed by atoms with Gasteiger partial charge in [-0.05, 0) is 18.2 Å². The van der Waals surface area contributed by atoms with E-state index in [-0.39, 0.29) is 24.7 Å². The van der Waals surface area contributed by atoms with Crippen LogP contribution >= 0.6 is 0 Å². The van der Waals surface area contributed by atoms with Gasteiger partial charge in [0.1, 0.15) is 0 Å². The highest BCUT2D eigenvalue weighted by molar-refractivity contribution is 7.89. The van der Waals surface area contributed by atoms with E-state index >= 15 is 0 Å². The fraction of sp³-hybridized carbons (Fsp3) is 0.400. The molecule has 0 aromatic heterocycles. The molecule has 114 valence electrons. The van der Waals surface area contributed by atoms with Crippen molar-refractivity contribution in [2.45, 2.75) is 24.2 Å². The van der Waals surface area contributed by atoms with E-state index in [1.54, 1.807) is 0 Å². The molecule has 3 nitrogen and oxygen atoms in total. The first kappa shape index (κ1) is 16.8. The molecule has 0 radical (unpaired) electrons. The molecule has 1 N–H and O–H groups in total. The molecule has 0 bridgehead atoms. The number of sulfonamides is 1. The minimum atomic E-state index is -5.09. The summed E-state index contributed by atoms with van der Waals surface area (Å²) in [5, 5.41) is 0. The highest BCUT2D eigenvalue weighted by Crippen LogP contribution is 2.37. The van der Waals surface area contributed by atoms with Crippen molar-refractivity contribution in [3.63, 3.8) is 0 Å². The van der Waals surface area contributed by atoms with Crippen LogP contribution < -0.4 is 4.72 Å². The Morgan fingerprint density at radius 1 is 0.950 bits per heavy atom. The van der Waals surface area contributed by atoms with Gasteiger partial charge < -0.3 is 0 Å². The normalized spacial score (nSPS) is 13.6. The molecule has 0 atom stereocenters. The van der Waals surface area contributed by atoms with Crippen LogP contribution in [-0.4, -0.2) is 15.0 Å². The van der Waals surface area contributed by atoms with Gasteiger partial charge in [0, 0.05) is 6.54 Å². The number of hydrogen-bond acceptors (Lipinski definition) is 2. The van der Waals surface area contributed by atoms with Gasteiger partial charge in [0.2, 0.25) is 10.0 Å². The summed E-state index contributed by atoms with van der Waals surface area (Å²) in [5.74, 6) is 0. The van der Waals surface area contributed by atoms with Gasteiger partial charge in [0.25, 0.3) is 0 Å². The number of halogens is 6. The lowest BCUT2D eigenvalue weighted by Gasteiger charge is -2.14. The standard InChI is InChI=1S/C10H9F6NO2S/c1-2-17-20(18,19)8-4-6(9(11,12)13)3-7(5-8)10(14,15)16/h3-5,17H,2H2,1H3. The molecule has 0 aliphatic carbocycles. The minimum absolute atomic E-state index is 0.134. The van der Waals surface area contributed by atoms with E-state index < -0.39 is 38.4 Å². The van der Waals surface area contributed by atoms with Crippen molar-refractivity contribution in [3.05, 3.63) is 29.3 Å². The summed E-state index contributed by atoms with van der Waals surface area (Å²) in [5.41, 5.74) is -3.35. The predicted octanol–water partition coefficient (Wildman–Crippen LogP) is 3.02. The average Bonchev–Trinajstić information content (AvgIpc) is 2.26. The topological polar surface area (TPSA) is 46.2 Å². The molecule has 20 heavy (non-hydrogen) atoms. The predicted molar refractivity (Wildman–Crippen MR) is 57.3 cm³/mol. The van der Waals surface area contributed by atoms with Crippen molar-refractivity contribution in [1.29, 1.82) is 0 Å². The Bertz CT molecular complexity index is 558. The largest absolute Gasteiger partial charge is 0.416 e. The maximum Gasteiger partial charge on any atom is 0.416 e. The van der Waals surface area contributed by atoms with Gasteiger partial charge in [-0.2, -0.15) is 26.3 Å². The van der Waals surface area contributed by atoms with Gasteiger partial charge in [-0.25, -0.2) is 13.1 Å². The Kier molecular flexibility index (Phi) is 4.39. The zero-order chi connectivity index (χ0) is 15.8. The van der Waals surface area contributed by atoms with Crippen molar-refractivity contribution >= 4 is 10.0 Å². The quantitative estimate of drug-likeness (QED) is 0.870. The van der Waals surface area contributed by atoms with Gasteiger partial charge in [0.15, 0.2) is 0 Å². The van der Waals surface area contributed by atoms with Crippen LogP contribution in [0.3, 0.4) is 0 Å². The molecular formula is C10H9F6NO2S. The Balaban J connectivity index is 3.55. The molecule has 0 aliphatic heterocycles. The molecule has 0 spiro atoms. The summed E-state index contributed by atoms with van der Waals surface area (Å²) < 4.78 is 100. The molecule has 0 amide bonds. The van der Waals surface area contributed by atoms with Gasteiger partial charge >= 0.3 is 12.4 Å². The van der Waals surface area contributed by atoms with Crippen molar-refractivity contribution in [2.75, 3.05) is 6.54 Å². The minimum Gasteiger partial charge on any atom is -0.211 e. The second kappa shape index (κ2) is 5.24. The SMILES string of the molecule is CCNS(=O)(=O)c1cc(C(F)(F)F)cc(C(F)(F)F)c1. The Hall–Kier alpha value is -1.29. The van der Waals surface area contributed by atoms with E-state index in [0.29, 0.717) is 0 Å². The van der Waals surface area contributed by atoms with Crippen LogP contribution in [0.1, 0.15) is 18.1 Å². The molecule has 1 rings (SSSR count). The molecule has 10 heteroatoms. The second-order valence-corrected chi connectivity index (χ2v) is 5.51. The molecule has 0 unspecified atom stereocenters. The van der Waals surface area contributed by atoms with Crippen LogP contribution in [0.15, 0.2) is 23.1 Å². The highest BCUT2D eigenvalue weighted by Gasteiger charge is 2.38. The Morgan fingerprint density at radius 2 is 1.35 bits per heavy atom. The molecule has 0 aliphatic rings. The summed E-state index contributed by atoms with van der Waals surface area (Å²) in [7, 11) is -4.43. The maximum atomic E-state index is 12.5. The molecule has 0 saturated heterocycles. The summed E-state index contributed by atoms with van der Waals surface area (Å²) in [6.45, 7) is 1.18. The fourth-order valence-corrected chi connectivity index (χ4v) is 2.47. The number of hydrogen-bond donors (Lipinski definition) is 1. The lowest BCUT2D eigenvalue weighted by Crippen LogP contribution is -2.24. The van der Waals surface area contributed by atoms with Crippen LogP contribution in [0.2, 0.25) is 0 Å². The smallest absolute Gasteiger partial charge is 0.211 e. The van der Waals surface area contributed by atoms with Crippen molar-refractivity contribution in [3.8, 4) is 0 Å². The lowest BCUT2D eigenvalue weighted by atomic mass is 10.1. The van der Waals surface area contributed by atoms with Crippen LogP contribution in [-0.2, 0) is 22.4 Å². The molecule has 1 aromatic rings. The summed E-state index contributed by atoms with van der Waals surface area (Å²) in [4.78, 5) is -1.08. The van der Waals surface area contributed by atoms with E-state index in [4.69, 9.17) is 0 Å². The number of benzene rings is 1. The third-order valence-corrected chi connectivity index (χ3v) is 3.73. The molecular weight excluding hydrogens is 312 g/mol. The molecule has 0 saturated carbocycles. The first-order valence-corrected chi connectivity index (χ1v) is 6.65. The first-order valence-electron chi connectivity index (χ1n) is 5.17. The third-order valence-electron chi connectivity index (χ3n) is 2.21. The zero-order valence-electron chi connectivity index (χ0n) is 9.93. The maximum absolute atomic E-state index is 12.5. The van der Waals surface area contributed by atoms with E-state index in [1.165, 1.54) is 6.92 Å². The lowest BCUT2D eigenvalue weighted by molar-refractivity contribution is -0.143. The average molecular weight is 321 g/mol. The first-order chi connectivity index (χ1) is 8.88. The van der Waals surface area contributed by atoms with Gasteiger partial charge in [0.05, 0.1) is 16.0 Å². The van der Waals surface area contributed by atoms with Crippen LogP contribution in [0, 0.1) is 0 Å². The Labute approximate surface area is 110 Å². The van der Waals surface area contributed by atoms with Gasteiger partial charge in [-0.3, -0.25) is 0 Å². The Morgan fingerprint density at radius 3 is 1.65 bits per heavy atom. The molecule has 0 heterocycles. The van der Waals surface area contributed by atoms with Crippen LogP contribution in [0.5, 0.6) is 0 Å².